The zero-order valence-electron chi connectivity index (χ0n) is 17.6. The van der Waals surface area contributed by atoms with Crippen LogP contribution in [0.2, 0.25) is 0 Å². The quantitative estimate of drug-likeness (QED) is 0.422. The van der Waals surface area contributed by atoms with E-state index in [1.807, 2.05) is 24.3 Å². The summed E-state index contributed by atoms with van der Waals surface area (Å²) < 4.78 is 28.0. The summed E-state index contributed by atoms with van der Waals surface area (Å²) in [5.41, 5.74) is 3.62. The Bertz CT molecular complexity index is 1560. The molecule has 3 aromatic heterocycles. The van der Waals surface area contributed by atoms with Gasteiger partial charge in [0.05, 0.1) is 36.9 Å². The molecular formula is C25H19FN4O3. The van der Waals surface area contributed by atoms with Gasteiger partial charge in [0, 0.05) is 24.4 Å². The normalized spacial score (nSPS) is 13.4. The maximum Gasteiger partial charge on any atom is 0.261 e. The van der Waals surface area contributed by atoms with Crippen LogP contribution in [0.4, 0.5) is 4.39 Å². The van der Waals surface area contributed by atoms with E-state index in [9.17, 15) is 9.18 Å². The molecule has 0 saturated carbocycles. The molecule has 164 valence electrons. The van der Waals surface area contributed by atoms with Crippen molar-refractivity contribution >= 4 is 16.6 Å². The van der Waals surface area contributed by atoms with Gasteiger partial charge in [0.1, 0.15) is 5.82 Å². The molecule has 0 amide bonds. The summed E-state index contributed by atoms with van der Waals surface area (Å²) in [6, 6.07) is 13.8. The predicted octanol–water partition coefficient (Wildman–Crippen LogP) is 4.06. The maximum atomic E-state index is 13.3. The Hall–Kier alpha value is -4.20. The molecule has 0 unspecified atom stereocenters. The Balaban J connectivity index is 1.39. The van der Waals surface area contributed by atoms with E-state index in [-0.39, 0.29) is 11.4 Å². The molecule has 0 fully saturated rings. The fourth-order valence-electron chi connectivity index (χ4n) is 4.12. The Labute approximate surface area is 187 Å². The predicted molar refractivity (Wildman–Crippen MR) is 121 cm³/mol. The van der Waals surface area contributed by atoms with E-state index >= 15 is 0 Å². The van der Waals surface area contributed by atoms with Crippen LogP contribution in [0, 0.1) is 5.82 Å². The molecule has 0 saturated heterocycles. The van der Waals surface area contributed by atoms with Gasteiger partial charge in [0.2, 0.25) is 0 Å². The molecule has 7 nitrogen and oxygen atoms in total. The first-order valence-corrected chi connectivity index (χ1v) is 10.7. The number of rotatable bonds is 3. The Morgan fingerprint density at radius 3 is 2.64 bits per heavy atom. The highest BCUT2D eigenvalue weighted by atomic mass is 19.1. The lowest BCUT2D eigenvalue weighted by Gasteiger charge is -2.11. The van der Waals surface area contributed by atoms with Crippen molar-refractivity contribution in [2.24, 2.45) is 0 Å². The third kappa shape index (κ3) is 3.40. The molecule has 2 aromatic carbocycles. The first-order chi connectivity index (χ1) is 16.2. The van der Waals surface area contributed by atoms with Gasteiger partial charge in [-0.15, -0.1) is 0 Å². The van der Waals surface area contributed by atoms with Crippen molar-refractivity contribution in [3.05, 3.63) is 88.9 Å². The van der Waals surface area contributed by atoms with Crippen molar-refractivity contribution in [1.29, 1.82) is 0 Å². The molecule has 0 aliphatic carbocycles. The van der Waals surface area contributed by atoms with Crippen LogP contribution in [0.3, 0.4) is 0 Å². The molecule has 0 bridgehead atoms. The first kappa shape index (κ1) is 19.5. The lowest BCUT2D eigenvalue weighted by Crippen LogP contribution is -2.21. The molecule has 0 atom stereocenters. The Morgan fingerprint density at radius 1 is 0.970 bits per heavy atom. The third-order valence-electron chi connectivity index (χ3n) is 5.79. The average molecular weight is 442 g/mol. The zero-order valence-corrected chi connectivity index (χ0v) is 17.6. The molecule has 4 heterocycles. The Kier molecular flexibility index (Phi) is 4.57. The number of ether oxygens (including phenoxy) is 2. The molecule has 5 aromatic rings. The molecule has 1 aliphatic rings. The van der Waals surface area contributed by atoms with Gasteiger partial charge in [-0.3, -0.25) is 4.79 Å². The van der Waals surface area contributed by atoms with Gasteiger partial charge in [0.25, 0.3) is 5.56 Å². The topological polar surface area (TPSA) is 70.7 Å². The van der Waals surface area contributed by atoms with Crippen molar-refractivity contribution in [1.82, 2.24) is 19.2 Å². The number of nitrogens with zero attached hydrogens (tertiary/aromatic N) is 4. The lowest BCUT2D eigenvalue weighted by atomic mass is 10.1. The molecule has 33 heavy (non-hydrogen) atoms. The monoisotopic (exact) mass is 442 g/mol. The number of halogens is 1. The zero-order chi connectivity index (χ0) is 22.4. The maximum absolute atomic E-state index is 13.3. The van der Waals surface area contributed by atoms with Gasteiger partial charge >= 0.3 is 0 Å². The summed E-state index contributed by atoms with van der Waals surface area (Å²) in [7, 11) is 0. The van der Waals surface area contributed by atoms with Gasteiger partial charge in [-0.2, -0.15) is 5.10 Å². The van der Waals surface area contributed by atoms with Crippen LogP contribution < -0.4 is 15.0 Å². The van der Waals surface area contributed by atoms with Crippen LogP contribution in [-0.2, 0) is 6.54 Å². The molecule has 6 rings (SSSR count). The number of benzene rings is 2. The van der Waals surface area contributed by atoms with Crippen LogP contribution >= 0.6 is 0 Å². The van der Waals surface area contributed by atoms with E-state index in [0.717, 1.165) is 28.9 Å². The van der Waals surface area contributed by atoms with Gasteiger partial charge in [-0.1, -0.05) is 18.2 Å². The van der Waals surface area contributed by atoms with E-state index in [2.05, 4.69) is 10.1 Å². The second-order valence-electron chi connectivity index (χ2n) is 7.94. The van der Waals surface area contributed by atoms with Crippen LogP contribution in [0.5, 0.6) is 11.5 Å². The van der Waals surface area contributed by atoms with Gasteiger partial charge in [-0.25, -0.2) is 13.9 Å². The van der Waals surface area contributed by atoms with E-state index in [1.165, 1.54) is 12.1 Å². The largest absolute Gasteiger partial charge is 0.490 e. The number of aromatic nitrogens is 4. The van der Waals surface area contributed by atoms with Crippen LogP contribution in [0.1, 0.15) is 12.0 Å². The second-order valence-corrected chi connectivity index (χ2v) is 7.94. The summed E-state index contributed by atoms with van der Waals surface area (Å²) >= 11 is 0. The summed E-state index contributed by atoms with van der Waals surface area (Å²) in [4.78, 5) is 17.7. The highest BCUT2D eigenvalue weighted by Gasteiger charge is 2.15. The number of fused-ring (bicyclic) bond motifs is 4. The minimum Gasteiger partial charge on any atom is -0.490 e. The molecule has 1 aliphatic heterocycles. The van der Waals surface area contributed by atoms with Crippen LogP contribution in [-0.4, -0.2) is 32.4 Å². The summed E-state index contributed by atoms with van der Waals surface area (Å²) in [5, 5.41) is 4.91. The molecule has 0 spiro atoms. The number of hydrogen-bond donors (Lipinski definition) is 0. The van der Waals surface area contributed by atoms with Crippen LogP contribution in [0.15, 0.2) is 71.9 Å². The first-order valence-electron chi connectivity index (χ1n) is 10.7. The fraction of sp³-hybridized carbons (Fsp3) is 0.160. The van der Waals surface area contributed by atoms with Crippen LogP contribution in [0.25, 0.3) is 27.7 Å². The minimum atomic E-state index is -0.303. The van der Waals surface area contributed by atoms with E-state index in [4.69, 9.17) is 9.47 Å². The van der Waals surface area contributed by atoms with Gasteiger partial charge < -0.3 is 14.0 Å². The average Bonchev–Trinajstić information content (AvgIpc) is 3.13. The van der Waals surface area contributed by atoms with E-state index in [0.29, 0.717) is 42.1 Å². The van der Waals surface area contributed by atoms with Gasteiger partial charge in [-0.05, 0) is 41.5 Å². The number of hydrogen-bond acceptors (Lipinski definition) is 5. The summed E-state index contributed by atoms with van der Waals surface area (Å²) in [5.74, 6) is 1.12. The molecule has 8 heteroatoms. The van der Waals surface area contributed by atoms with E-state index < -0.39 is 0 Å². The summed E-state index contributed by atoms with van der Waals surface area (Å²) in [6.07, 6.45) is 5.85. The van der Waals surface area contributed by atoms with Crippen molar-refractivity contribution in [2.75, 3.05) is 13.2 Å². The molecule has 0 N–H and O–H groups in total. The second kappa shape index (κ2) is 7.74. The summed E-state index contributed by atoms with van der Waals surface area (Å²) in [6.45, 7) is 1.63. The van der Waals surface area contributed by atoms with Crippen molar-refractivity contribution in [2.45, 2.75) is 13.0 Å². The SMILES string of the molecule is O=c1c2cnc3c(-c4ccc(F)cc4)cnn3c2ccn1Cc1ccc2c(c1)OCCCO2. The molecule has 0 radical (unpaired) electrons. The molecular weight excluding hydrogens is 423 g/mol. The van der Waals surface area contributed by atoms with E-state index in [1.54, 1.807) is 39.8 Å². The van der Waals surface area contributed by atoms with Crippen molar-refractivity contribution in [3.8, 4) is 22.6 Å². The highest BCUT2D eigenvalue weighted by Crippen LogP contribution is 2.31. The van der Waals surface area contributed by atoms with Crippen molar-refractivity contribution in [3.63, 3.8) is 0 Å². The fourth-order valence-corrected chi connectivity index (χ4v) is 4.12. The third-order valence-corrected chi connectivity index (χ3v) is 5.79. The number of pyridine rings is 1. The highest BCUT2D eigenvalue weighted by molar-refractivity contribution is 5.85. The van der Waals surface area contributed by atoms with Crippen molar-refractivity contribution < 1.29 is 13.9 Å². The van der Waals surface area contributed by atoms with Gasteiger partial charge in [0.15, 0.2) is 17.1 Å². The smallest absolute Gasteiger partial charge is 0.261 e. The standard InChI is InChI=1S/C25H19FN4O3/c26-18-5-3-17(4-6-18)19-14-28-30-21-8-9-29(25(31)20(21)13-27-24(19)30)15-16-2-7-22-23(12-16)33-11-1-10-32-22/h2-9,12-14H,1,10-11,15H2. The lowest BCUT2D eigenvalue weighted by molar-refractivity contribution is 0.297. The minimum absolute atomic E-state index is 0.159. The Morgan fingerprint density at radius 2 is 1.79 bits per heavy atom.